The normalized spacial score (nSPS) is 17.1. The van der Waals surface area contributed by atoms with E-state index in [1.807, 2.05) is 50.6 Å². The first kappa shape index (κ1) is 20.8. The number of likely N-dealkylation sites (tertiary alicyclic amines) is 1. The molecule has 0 unspecified atom stereocenters. The lowest BCUT2D eigenvalue weighted by atomic mass is 9.97. The fraction of sp³-hybridized carbons (Fsp3) is 0.524. The van der Waals surface area contributed by atoms with Gasteiger partial charge in [0.25, 0.3) is 0 Å². The van der Waals surface area contributed by atoms with Gasteiger partial charge in [-0.3, -0.25) is 9.36 Å². The molecular formula is C21H29N5O3. The Balaban J connectivity index is 1.57. The second-order valence-corrected chi connectivity index (χ2v) is 8.35. The van der Waals surface area contributed by atoms with E-state index < -0.39 is 5.60 Å². The summed E-state index contributed by atoms with van der Waals surface area (Å²) in [5.74, 6) is 1.34. The molecule has 1 aliphatic rings. The summed E-state index contributed by atoms with van der Waals surface area (Å²) < 4.78 is 7.33. The Kier molecular flexibility index (Phi) is 6.20. The highest BCUT2D eigenvalue weighted by molar-refractivity contribution is 5.80. The van der Waals surface area contributed by atoms with Crippen LogP contribution in [0.1, 0.15) is 45.0 Å². The quantitative estimate of drug-likeness (QED) is 0.854. The van der Waals surface area contributed by atoms with Gasteiger partial charge < -0.3 is 15.0 Å². The number of aromatic nitrogens is 3. The zero-order chi connectivity index (χ0) is 21.0. The van der Waals surface area contributed by atoms with Crippen molar-refractivity contribution >= 4 is 12.0 Å². The molecule has 2 aromatic heterocycles. The molecule has 1 aliphatic heterocycles. The van der Waals surface area contributed by atoms with Crippen molar-refractivity contribution in [2.24, 2.45) is 5.92 Å². The van der Waals surface area contributed by atoms with E-state index in [1.54, 1.807) is 17.3 Å². The van der Waals surface area contributed by atoms with Gasteiger partial charge in [-0.15, -0.1) is 0 Å². The van der Waals surface area contributed by atoms with Crippen molar-refractivity contribution in [2.75, 3.05) is 13.1 Å². The lowest BCUT2D eigenvalue weighted by Gasteiger charge is -2.33. The molecule has 0 radical (unpaired) electrons. The van der Waals surface area contributed by atoms with E-state index in [9.17, 15) is 9.59 Å². The van der Waals surface area contributed by atoms with Gasteiger partial charge in [-0.1, -0.05) is 0 Å². The zero-order valence-corrected chi connectivity index (χ0v) is 17.5. The van der Waals surface area contributed by atoms with E-state index in [-0.39, 0.29) is 17.9 Å². The number of nitrogens with zero attached hydrogens (tertiary/aromatic N) is 4. The second kappa shape index (κ2) is 8.63. The molecule has 1 fully saturated rings. The predicted octanol–water partition coefficient (Wildman–Crippen LogP) is 2.84. The summed E-state index contributed by atoms with van der Waals surface area (Å²) in [6.07, 6.45) is 6.50. The van der Waals surface area contributed by atoms with Crippen LogP contribution in [0.25, 0.3) is 5.82 Å². The molecule has 0 aromatic carbocycles. The molecule has 0 bridgehead atoms. The topological polar surface area (TPSA) is 89.4 Å². The zero-order valence-electron chi connectivity index (χ0n) is 17.5. The highest BCUT2D eigenvalue weighted by Gasteiger charge is 2.30. The number of imidazole rings is 1. The average molecular weight is 399 g/mol. The van der Waals surface area contributed by atoms with E-state index in [1.165, 1.54) is 0 Å². The fourth-order valence-electron chi connectivity index (χ4n) is 3.34. The monoisotopic (exact) mass is 399 g/mol. The number of nitrogens with one attached hydrogen (secondary N) is 1. The van der Waals surface area contributed by atoms with Crippen molar-refractivity contribution in [3.8, 4) is 5.82 Å². The number of carbonyl (C=O) groups is 2. The molecule has 0 aliphatic carbocycles. The number of piperidine rings is 1. The van der Waals surface area contributed by atoms with Crippen molar-refractivity contribution in [1.29, 1.82) is 0 Å². The smallest absolute Gasteiger partial charge is 0.410 e. The van der Waals surface area contributed by atoms with E-state index in [0.717, 1.165) is 30.0 Å². The van der Waals surface area contributed by atoms with Crippen LogP contribution >= 0.6 is 0 Å². The van der Waals surface area contributed by atoms with Gasteiger partial charge in [-0.05, 0) is 58.2 Å². The summed E-state index contributed by atoms with van der Waals surface area (Å²) in [5.41, 5.74) is 0.412. The third-order valence-corrected chi connectivity index (χ3v) is 4.79. The molecule has 3 rings (SSSR count). The highest BCUT2D eigenvalue weighted by Crippen LogP contribution is 2.20. The molecular weight excluding hydrogens is 370 g/mol. The summed E-state index contributed by atoms with van der Waals surface area (Å²) in [4.78, 5) is 35.2. The molecule has 0 spiro atoms. The van der Waals surface area contributed by atoms with Crippen molar-refractivity contribution in [3.63, 3.8) is 0 Å². The molecule has 29 heavy (non-hydrogen) atoms. The van der Waals surface area contributed by atoms with Crippen molar-refractivity contribution in [1.82, 2.24) is 24.8 Å². The Morgan fingerprint density at radius 2 is 2.07 bits per heavy atom. The van der Waals surface area contributed by atoms with Crippen molar-refractivity contribution < 1.29 is 14.3 Å². The summed E-state index contributed by atoms with van der Waals surface area (Å²) in [6.45, 7) is 8.85. The molecule has 3 heterocycles. The van der Waals surface area contributed by atoms with Crippen LogP contribution in [0.4, 0.5) is 4.79 Å². The van der Waals surface area contributed by atoms with Crippen LogP contribution < -0.4 is 5.32 Å². The van der Waals surface area contributed by atoms with Crippen LogP contribution in [0.3, 0.4) is 0 Å². The van der Waals surface area contributed by atoms with Crippen LogP contribution in [-0.4, -0.2) is 50.1 Å². The summed E-state index contributed by atoms with van der Waals surface area (Å²) in [5, 5.41) is 2.99. The van der Waals surface area contributed by atoms with Gasteiger partial charge in [0.05, 0.1) is 5.92 Å². The molecule has 1 saturated heterocycles. The molecule has 8 nitrogen and oxygen atoms in total. The minimum atomic E-state index is -0.543. The Bertz CT molecular complexity index is 871. The number of carbonyl (C=O) groups excluding carboxylic acids is 2. The first-order valence-corrected chi connectivity index (χ1v) is 9.94. The highest BCUT2D eigenvalue weighted by atomic mass is 16.6. The van der Waals surface area contributed by atoms with E-state index >= 15 is 0 Å². The van der Waals surface area contributed by atoms with Crippen LogP contribution in [0.2, 0.25) is 0 Å². The minimum Gasteiger partial charge on any atom is -0.444 e. The molecule has 0 saturated carbocycles. The third-order valence-electron chi connectivity index (χ3n) is 4.79. The Hall–Kier alpha value is -2.90. The Morgan fingerprint density at radius 3 is 2.76 bits per heavy atom. The number of rotatable bonds is 4. The maximum atomic E-state index is 12.7. The summed E-state index contributed by atoms with van der Waals surface area (Å²) >= 11 is 0. The van der Waals surface area contributed by atoms with Gasteiger partial charge in [-0.2, -0.15) is 0 Å². The number of hydrogen-bond donors (Lipinski definition) is 1. The maximum Gasteiger partial charge on any atom is 0.410 e. The number of ether oxygens (including phenoxy) is 1. The molecule has 2 aromatic rings. The van der Waals surface area contributed by atoms with Gasteiger partial charge in [0.2, 0.25) is 5.91 Å². The van der Waals surface area contributed by atoms with Gasteiger partial charge in [-0.25, -0.2) is 14.8 Å². The lowest BCUT2D eigenvalue weighted by molar-refractivity contribution is -0.126. The second-order valence-electron chi connectivity index (χ2n) is 8.35. The Morgan fingerprint density at radius 1 is 1.28 bits per heavy atom. The van der Waals surface area contributed by atoms with Crippen LogP contribution in [0.15, 0.2) is 30.7 Å². The van der Waals surface area contributed by atoms with Gasteiger partial charge in [0, 0.05) is 38.2 Å². The molecule has 8 heteroatoms. The number of hydrogen-bond acceptors (Lipinski definition) is 5. The van der Waals surface area contributed by atoms with Crippen LogP contribution in [0.5, 0.6) is 0 Å². The van der Waals surface area contributed by atoms with E-state index in [2.05, 4.69) is 15.3 Å². The molecule has 1 N–H and O–H groups in total. The summed E-state index contributed by atoms with van der Waals surface area (Å²) in [6, 6.07) is 3.81. The van der Waals surface area contributed by atoms with Crippen molar-refractivity contribution in [3.05, 3.63) is 42.1 Å². The minimum absolute atomic E-state index is 0.0459. The van der Waals surface area contributed by atoms with E-state index in [4.69, 9.17) is 4.74 Å². The SMILES string of the molecule is Cc1nccn1-c1cc(CNC(=O)[C@H]2CCCN(C(=O)OC(C)(C)C)C2)ccn1. The van der Waals surface area contributed by atoms with Gasteiger partial charge in [0.1, 0.15) is 17.2 Å². The summed E-state index contributed by atoms with van der Waals surface area (Å²) in [7, 11) is 0. The largest absolute Gasteiger partial charge is 0.444 e. The fourth-order valence-corrected chi connectivity index (χ4v) is 3.34. The van der Waals surface area contributed by atoms with E-state index in [0.29, 0.717) is 19.6 Å². The van der Waals surface area contributed by atoms with Gasteiger partial charge >= 0.3 is 6.09 Å². The van der Waals surface area contributed by atoms with Crippen molar-refractivity contribution in [2.45, 2.75) is 52.7 Å². The van der Waals surface area contributed by atoms with Crippen LogP contribution in [-0.2, 0) is 16.1 Å². The maximum absolute atomic E-state index is 12.7. The standard InChI is InChI=1S/C21H29N5O3/c1-15-22-9-11-26(15)18-12-16(7-8-23-18)13-24-19(27)17-6-5-10-25(14-17)20(28)29-21(2,3)4/h7-9,11-12,17H,5-6,10,13-14H2,1-4H3,(H,24,27)/t17-/m0/s1. The molecule has 156 valence electrons. The number of pyridine rings is 1. The molecule has 1 atom stereocenters. The number of amides is 2. The lowest BCUT2D eigenvalue weighted by Crippen LogP contribution is -2.46. The average Bonchev–Trinajstić information content (AvgIpc) is 3.11. The van der Waals surface area contributed by atoms with Gasteiger partial charge in [0.15, 0.2) is 0 Å². The first-order chi connectivity index (χ1) is 13.7. The predicted molar refractivity (Wildman–Crippen MR) is 108 cm³/mol. The number of aryl methyl sites for hydroxylation is 1. The third kappa shape index (κ3) is 5.56. The first-order valence-electron chi connectivity index (χ1n) is 9.94. The van der Waals surface area contributed by atoms with Crippen LogP contribution in [0, 0.1) is 12.8 Å². The molecule has 2 amide bonds. The Labute approximate surface area is 171 Å².